The lowest BCUT2D eigenvalue weighted by molar-refractivity contribution is -0.142. The van der Waals surface area contributed by atoms with Gasteiger partial charge in [0, 0.05) is 6.92 Å². The highest BCUT2D eigenvalue weighted by Crippen LogP contribution is 2.67. The Hall–Kier alpha value is -1.05. The Morgan fingerprint density at radius 2 is 1.75 bits per heavy atom. The van der Waals surface area contributed by atoms with Crippen molar-refractivity contribution >= 4 is 5.97 Å². The Balaban J connectivity index is 1.42. The molecule has 4 aliphatic rings. The van der Waals surface area contributed by atoms with Gasteiger partial charge in [0.1, 0.15) is 0 Å². The maximum atomic E-state index is 11.1. The van der Waals surface area contributed by atoms with E-state index in [1.165, 1.54) is 58.3 Å². The molecule has 0 aliphatic heterocycles. The maximum absolute atomic E-state index is 11.1. The molecule has 10 atom stereocenters. The molecule has 0 heterocycles. The topological polar surface area (TPSA) is 26.3 Å². The highest BCUT2D eigenvalue weighted by molar-refractivity contribution is 5.65. The predicted molar refractivity (Wildman–Crippen MR) is 133 cm³/mol. The number of allylic oxidation sites excluding steroid dienone is 4. The standard InChI is InChI=1S/C30H48O2/c1-20(22(3)19-32-23(4)31)10-11-21(2)26-14-15-27-25-13-12-24-9-7-8-17-29(24,5)28(25)16-18-30(26,27)6/h7-8,10-11,20-22,24-28H,9,12-19H2,1-6H3/b11-10+/t20-,21-,22?,24-,25+,26-,27+,28+,29+,30-/m1/s1. The van der Waals surface area contributed by atoms with Gasteiger partial charge in [0.25, 0.3) is 0 Å². The van der Waals surface area contributed by atoms with Crippen molar-refractivity contribution in [3.05, 3.63) is 24.3 Å². The van der Waals surface area contributed by atoms with Crippen molar-refractivity contribution in [2.24, 2.45) is 58.2 Å². The lowest BCUT2D eigenvalue weighted by Crippen LogP contribution is -2.52. The van der Waals surface area contributed by atoms with E-state index in [0.29, 0.717) is 35.2 Å². The average Bonchev–Trinajstić information content (AvgIpc) is 3.12. The van der Waals surface area contributed by atoms with Crippen LogP contribution >= 0.6 is 0 Å². The first-order valence-electron chi connectivity index (χ1n) is 13.6. The second-order valence-electron chi connectivity index (χ2n) is 12.7. The number of ether oxygens (including phenoxy) is 1. The molecule has 2 heteroatoms. The molecule has 0 N–H and O–H groups in total. The molecule has 180 valence electrons. The van der Waals surface area contributed by atoms with Crippen LogP contribution in [0.2, 0.25) is 0 Å². The molecule has 3 fully saturated rings. The summed E-state index contributed by atoms with van der Waals surface area (Å²) in [5.41, 5.74) is 1.08. The monoisotopic (exact) mass is 440 g/mol. The molecule has 0 aromatic heterocycles. The first-order chi connectivity index (χ1) is 15.2. The summed E-state index contributed by atoms with van der Waals surface area (Å²) in [6, 6.07) is 0. The zero-order valence-corrected chi connectivity index (χ0v) is 21.6. The molecule has 4 aliphatic carbocycles. The third kappa shape index (κ3) is 4.25. The minimum atomic E-state index is -0.172. The van der Waals surface area contributed by atoms with Gasteiger partial charge in [-0.05, 0) is 110 Å². The first-order valence-corrected chi connectivity index (χ1v) is 13.6. The van der Waals surface area contributed by atoms with Gasteiger partial charge in [0.15, 0.2) is 0 Å². The number of carbonyl (C=O) groups is 1. The van der Waals surface area contributed by atoms with Crippen LogP contribution in [-0.4, -0.2) is 12.6 Å². The van der Waals surface area contributed by atoms with Gasteiger partial charge < -0.3 is 4.74 Å². The molecule has 0 spiro atoms. The van der Waals surface area contributed by atoms with Crippen LogP contribution in [0.5, 0.6) is 0 Å². The van der Waals surface area contributed by atoms with E-state index in [9.17, 15) is 4.79 Å². The molecule has 4 rings (SSSR count). The summed E-state index contributed by atoms with van der Waals surface area (Å²) in [5, 5.41) is 0. The summed E-state index contributed by atoms with van der Waals surface area (Å²) in [5.74, 6) is 5.87. The largest absolute Gasteiger partial charge is 0.466 e. The summed E-state index contributed by atoms with van der Waals surface area (Å²) < 4.78 is 5.24. The van der Waals surface area contributed by atoms with Crippen LogP contribution in [0.3, 0.4) is 0 Å². The molecule has 0 aromatic rings. The van der Waals surface area contributed by atoms with E-state index in [2.05, 4.69) is 58.9 Å². The molecule has 0 radical (unpaired) electrons. The van der Waals surface area contributed by atoms with E-state index < -0.39 is 0 Å². The van der Waals surface area contributed by atoms with Crippen molar-refractivity contribution in [3.8, 4) is 0 Å². The molecule has 0 aromatic carbocycles. The van der Waals surface area contributed by atoms with Crippen molar-refractivity contribution in [2.75, 3.05) is 6.61 Å². The number of fused-ring (bicyclic) bond motifs is 5. The molecule has 0 saturated heterocycles. The van der Waals surface area contributed by atoms with Gasteiger partial charge >= 0.3 is 5.97 Å². The maximum Gasteiger partial charge on any atom is 0.302 e. The van der Waals surface area contributed by atoms with E-state index in [0.717, 1.165) is 29.6 Å². The number of carbonyl (C=O) groups excluding carboxylic acids is 1. The van der Waals surface area contributed by atoms with Crippen LogP contribution in [0.15, 0.2) is 24.3 Å². The first kappa shape index (κ1) is 24.1. The summed E-state index contributed by atoms with van der Waals surface area (Å²) in [6.45, 7) is 14.3. The molecule has 0 amide bonds. The van der Waals surface area contributed by atoms with E-state index >= 15 is 0 Å². The van der Waals surface area contributed by atoms with Gasteiger partial charge in [0.05, 0.1) is 6.61 Å². The highest BCUT2D eigenvalue weighted by atomic mass is 16.5. The van der Waals surface area contributed by atoms with Crippen LogP contribution in [0.4, 0.5) is 0 Å². The van der Waals surface area contributed by atoms with Gasteiger partial charge in [-0.15, -0.1) is 0 Å². The molecule has 2 nitrogen and oxygen atoms in total. The summed E-state index contributed by atoms with van der Waals surface area (Å²) in [6.07, 6.45) is 21.2. The fourth-order valence-electron chi connectivity index (χ4n) is 8.82. The number of rotatable bonds is 6. The Kier molecular flexibility index (Phi) is 7.00. The Morgan fingerprint density at radius 1 is 1.00 bits per heavy atom. The lowest BCUT2D eigenvalue weighted by Gasteiger charge is -2.60. The summed E-state index contributed by atoms with van der Waals surface area (Å²) in [4.78, 5) is 11.1. The van der Waals surface area contributed by atoms with Gasteiger partial charge in [-0.2, -0.15) is 0 Å². The van der Waals surface area contributed by atoms with Crippen molar-refractivity contribution in [1.29, 1.82) is 0 Å². The quantitative estimate of drug-likeness (QED) is 0.310. The Morgan fingerprint density at radius 3 is 2.50 bits per heavy atom. The summed E-state index contributed by atoms with van der Waals surface area (Å²) >= 11 is 0. The molecule has 1 unspecified atom stereocenters. The predicted octanol–water partition coefficient (Wildman–Crippen LogP) is 7.84. The normalized spacial score (nSPS) is 43.8. The zero-order chi connectivity index (χ0) is 23.1. The van der Waals surface area contributed by atoms with Crippen molar-refractivity contribution in [2.45, 2.75) is 92.9 Å². The fourth-order valence-corrected chi connectivity index (χ4v) is 8.82. The SMILES string of the molecule is CC(=O)OCC(C)[C@H](C)/C=C/[C@@H](C)[C@H]1CC[C@H]2[C@@H]3CC[C@H]4CC=CC[C@]4(C)[C@H]3CC[C@]12C. The van der Waals surface area contributed by atoms with Gasteiger partial charge in [-0.1, -0.05) is 58.9 Å². The molecule has 32 heavy (non-hydrogen) atoms. The third-order valence-electron chi connectivity index (χ3n) is 11.1. The van der Waals surface area contributed by atoms with Gasteiger partial charge in [-0.25, -0.2) is 0 Å². The van der Waals surface area contributed by atoms with Crippen molar-refractivity contribution in [3.63, 3.8) is 0 Å². The lowest BCUT2D eigenvalue weighted by atomic mass is 9.45. The second-order valence-corrected chi connectivity index (χ2v) is 12.7. The van der Waals surface area contributed by atoms with Crippen LogP contribution in [0, 0.1) is 58.2 Å². The van der Waals surface area contributed by atoms with Crippen LogP contribution in [0.25, 0.3) is 0 Å². The fraction of sp³-hybridized carbons (Fsp3) is 0.833. The average molecular weight is 441 g/mol. The zero-order valence-electron chi connectivity index (χ0n) is 21.6. The highest BCUT2D eigenvalue weighted by Gasteiger charge is 2.59. The number of hydrogen-bond donors (Lipinski definition) is 0. The molecule has 0 bridgehead atoms. The van der Waals surface area contributed by atoms with Gasteiger partial charge in [0.2, 0.25) is 0 Å². The third-order valence-corrected chi connectivity index (χ3v) is 11.1. The Labute approximate surface area is 197 Å². The van der Waals surface area contributed by atoms with Crippen LogP contribution in [0.1, 0.15) is 92.9 Å². The van der Waals surface area contributed by atoms with E-state index in [-0.39, 0.29) is 5.97 Å². The van der Waals surface area contributed by atoms with Crippen molar-refractivity contribution < 1.29 is 9.53 Å². The molecule has 3 saturated carbocycles. The Bertz CT molecular complexity index is 737. The van der Waals surface area contributed by atoms with Crippen LogP contribution < -0.4 is 0 Å². The minimum Gasteiger partial charge on any atom is -0.466 e. The molecular formula is C30H48O2. The second kappa shape index (κ2) is 9.30. The van der Waals surface area contributed by atoms with Crippen LogP contribution in [-0.2, 0) is 9.53 Å². The number of esters is 1. The van der Waals surface area contributed by atoms with E-state index in [4.69, 9.17) is 4.74 Å². The smallest absolute Gasteiger partial charge is 0.302 e. The summed E-state index contributed by atoms with van der Waals surface area (Å²) in [7, 11) is 0. The molecular weight excluding hydrogens is 392 g/mol. The van der Waals surface area contributed by atoms with Gasteiger partial charge in [-0.3, -0.25) is 4.79 Å². The van der Waals surface area contributed by atoms with E-state index in [1.54, 1.807) is 0 Å². The number of hydrogen-bond acceptors (Lipinski definition) is 2. The van der Waals surface area contributed by atoms with Crippen molar-refractivity contribution in [1.82, 2.24) is 0 Å². The minimum absolute atomic E-state index is 0.172. The van der Waals surface area contributed by atoms with E-state index in [1.807, 2.05) is 0 Å².